The zero-order chi connectivity index (χ0) is 12.3. The quantitative estimate of drug-likeness (QED) is 0.892. The number of amides is 1. The molecule has 0 aliphatic rings. The van der Waals surface area contributed by atoms with Gasteiger partial charge in [-0.3, -0.25) is 4.79 Å². The standard InChI is InChI=1S/C10H9BrF3NO/c1-2-15-9(16)6-4-3-5-7(8(6)11)10(12,13)14/h3-5H,2H2,1H3,(H,15,16). The molecule has 0 saturated carbocycles. The first-order valence-corrected chi connectivity index (χ1v) is 5.31. The first-order chi connectivity index (χ1) is 7.38. The molecule has 1 amide bonds. The average Bonchev–Trinajstić information content (AvgIpc) is 2.16. The van der Waals surface area contributed by atoms with Crippen LogP contribution in [-0.4, -0.2) is 12.5 Å². The lowest BCUT2D eigenvalue weighted by Gasteiger charge is -2.12. The molecule has 0 bridgehead atoms. The van der Waals surface area contributed by atoms with Gasteiger partial charge in [-0.25, -0.2) is 0 Å². The third-order valence-corrected chi connectivity index (χ3v) is 2.74. The van der Waals surface area contributed by atoms with Crippen LogP contribution in [0.25, 0.3) is 0 Å². The van der Waals surface area contributed by atoms with Crippen LogP contribution in [0.4, 0.5) is 13.2 Å². The van der Waals surface area contributed by atoms with Crippen LogP contribution in [0.3, 0.4) is 0 Å². The van der Waals surface area contributed by atoms with Crippen LogP contribution < -0.4 is 5.32 Å². The summed E-state index contributed by atoms with van der Waals surface area (Å²) < 4.78 is 37.3. The van der Waals surface area contributed by atoms with Crippen LogP contribution >= 0.6 is 15.9 Å². The summed E-state index contributed by atoms with van der Waals surface area (Å²) in [5.74, 6) is -0.527. The van der Waals surface area contributed by atoms with Crippen molar-refractivity contribution >= 4 is 21.8 Å². The van der Waals surface area contributed by atoms with Crippen molar-refractivity contribution in [3.05, 3.63) is 33.8 Å². The molecule has 0 heterocycles. The van der Waals surface area contributed by atoms with E-state index in [0.717, 1.165) is 6.07 Å². The highest BCUT2D eigenvalue weighted by Gasteiger charge is 2.34. The Morgan fingerprint density at radius 3 is 2.56 bits per heavy atom. The van der Waals surface area contributed by atoms with Gasteiger partial charge in [-0.1, -0.05) is 6.07 Å². The highest BCUT2D eigenvalue weighted by Crippen LogP contribution is 2.36. The lowest BCUT2D eigenvalue weighted by atomic mass is 10.1. The van der Waals surface area contributed by atoms with Gasteiger partial charge in [-0.15, -0.1) is 0 Å². The minimum Gasteiger partial charge on any atom is -0.352 e. The van der Waals surface area contributed by atoms with E-state index in [4.69, 9.17) is 0 Å². The van der Waals surface area contributed by atoms with E-state index in [1.54, 1.807) is 6.92 Å². The summed E-state index contributed by atoms with van der Waals surface area (Å²) in [6, 6.07) is 3.47. The Kier molecular flexibility index (Phi) is 3.96. The van der Waals surface area contributed by atoms with Crippen LogP contribution in [0, 0.1) is 0 Å². The molecule has 0 radical (unpaired) electrons. The summed E-state index contributed by atoms with van der Waals surface area (Å²) in [5.41, 5.74) is -0.868. The number of carbonyl (C=O) groups is 1. The zero-order valence-corrected chi connectivity index (χ0v) is 9.95. The molecule has 1 rings (SSSR count). The van der Waals surface area contributed by atoms with Gasteiger partial charge >= 0.3 is 6.18 Å². The molecule has 0 spiro atoms. The van der Waals surface area contributed by atoms with E-state index in [-0.39, 0.29) is 10.0 Å². The monoisotopic (exact) mass is 295 g/mol. The van der Waals surface area contributed by atoms with Crippen LogP contribution in [0.1, 0.15) is 22.8 Å². The van der Waals surface area contributed by atoms with Crippen molar-refractivity contribution in [3.8, 4) is 0 Å². The average molecular weight is 296 g/mol. The van der Waals surface area contributed by atoms with Gasteiger partial charge in [-0.2, -0.15) is 13.2 Å². The number of hydrogen-bond acceptors (Lipinski definition) is 1. The first kappa shape index (κ1) is 13.0. The number of rotatable bonds is 2. The maximum atomic E-state index is 12.5. The highest BCUT2D eigenvalue weighted by atomic mass is 79.9. The zero-order valence-electron chi connectivity index (χ0n) is 8.36. The van der Waals surface area contributed by atoms with E-state index in [9.17, 15) is 18.0 Å². The molecule has 0 aliphatic carbocycles. The molecule has 1 aromatic carbocycles. The number of nitrogens with one attached hydrogen (secondary N) is 1. The van der Waals surface area contributed by atoms with Crippen molar-refractivity contribution in [1.82, 2.24) is 5.32 Å². The summed E-state index contributed by atoms with van der Waals surface area (Å²) in [4.78, 5) is 11.4. The molecule has 0 saturated heterocycles. The molecule has 1 N–H and O–H groups in total. The smallest absolute Gasteiger partial charge is 0.352 e. The second-order valence-corrected chi connectivity index (χ2v) is 3.82. The molecule has 0 fully saturated rings. The van der Waals surface area contributed by atoms with Crippen molar-refractivity contribution in [2.45, 2.75) is 13.1 Å². The Labute approximate surface area is 99.0 Å². The first-order valence-electron chi connectivity index (χ1n) is 4.51. The minimum atomic E-state index is -4.47. The lowest BCUT2D eigenvalue weighted by molar-refractivity contribution is -0.138. The molecule has 0 unspecified atom stereocenters. The molecule has 0 atom stereocenters. The Bertz CT molecular complexity index is 404. The van der Waals surface area contributed by atoms with E-state index >= 15 is 0 Å². The normalized spacial score (nSPS) is 11.3. The summed E-state index contributed by atoms with van der Waals surface area (Å²) in [6.07, 6.45) is -4.47. The summed E-state index contributed by atoms with van der Waals surface area (Å²) in [5, 5.41) is 2.45. The van der Waals surface area contributed by atoms with Gasteiger partial charge in [0.05, 0.1) is 11.1 Å². The van der Waals surface area contributed by atoms with Crippen molar-refractivity contribution in [2.24, 2.45) is 0 Å². The van der Waals surface area contributed by atoms with Gasteiger partial charge in [0.15, 0.2) is 0 Å². The fourth-order valence-electron chi connectivity index (χ4n) is 1.18. The van der Waals surface area contributed by atoms with Gasteiger partial charge < -0.3 is 5.32 Å². The maximum Gasteiger partial charge on any atom is 0.417 e. The molecule has 6 heteroatoms. The maximum absolute atomic E-state index is 12.5. The van der Waals surface area contributed by atoms with Crippen LogP contribution in [0.2, 0.25) is 0 Å². The van der Waals surface area contributed by atoms with Crippen molar-refractivity contribution < 1.29 is 18.0 Å². The predicted molar refractivity (Wildman–Crippen MR) is 57.2 cm³/mol. The SMILES string of the molecule is CCNC(=O)c1cccc(C(F)(F)F)c1Br. The number of benzene rings is 1. The van der Waals surface area contributed by atoms with Gasteiger partial charge in [0.2, 0.25) is 0 Å². The number of hydrogen-bond donors (Lipinski definition) is 1. The second-order valence-electron chi connectivity index (χ2n) is 3.02. The van der Waals surface area contributed by atoms with Crippen LogP contribution in [-0.2, 0) is 6.18 Å². The number of halogens is 4. The van der Waals surface area contributed by atoms with Crippen LogP contribution in [0.15, 0.2) is 22.7 Å². The van der Waals surface area contributed by atoms with E-state index in [1.807, 2.05) is 0 Å². The lowest BCUT2D eigenvalue weighted by Crippen LogP contribution is -2.23. The minimum absolute atomic E-state index is 0.0170. The topological polar surface area (TPSA) is 29.1 Å². The van der Waals surface area contributed by atoms with Crippen molar-refractivity contribution in [3.63, 3.8) is 0 Å². The molecule has 0 aliphatic heterocycles. The predicted octanol–water partition coefficient (Wildman–Crippen LogP) is 3.22. The van der Waals surface area contributed by atoms with E-state index in [0.29, 0.717) is 6.54 Å². The van der Waals surface area contributed by atoms with Gasteiger partial charge in [0.25, 0.3) is 5.91 Å². The summed E-state index contributed by atoms with van der Waals surface area (Å²) in [7, 11) is 0. The highest BCUT2D eigenvalue weighted by molar-refractivity contribution is 9.10. The van der Waals surface area contributed by atoms with Gasteiger partial charge in [0.1, 0.15) is 0 Å². The molecular formula is C10H9BrF3NO. The Morgan fingerprint density at radius 1 is 1.44 bits per heavy atom. The number of alkyl halides is 3. The Balaban J connectivity index is 3.19. The molecule has 88 valence electrons. The van der Waals surface area contributed by atoms with E-state index < -0.39 is 17.6 Å². The van der Waals surface area contributed by atoms with Crippen molar-refractivity contribution in [1.29, 1.82) is 0 Å². The third-order valence-electron chi connectivity index (χ3n) is 1.89. The second kappa shape index (κ2) is 4.86. The molecule has 0 aromatic heterocycles. The van der Waals surface area contributed by atoms with Crippen molar-refractivity contribution in [2.75, 3.05) is 6.54 Å². The fourth-order valence-corrected chi connectivity index (χ4v) is 1.85. The Hall–Kier alpha value is -1.04. The summed E-state index contributed by atoms with van der Waals surface area (Å²) in [6.45, 7) is 2.06. The molecule has 16 heavy (non-hydrogen) atoms. The Morgan fingerprint density at radius 2 is 2.06 bits per heavy atom. The largest absolute Gasteiger partial charge is 0.417 e. The fraction of sp³-hybridized carbons (Fsp3) is 0.300. The van der Waals surface area contributed by atoms with Gasteiger partial charge in [0, 0.05) is 11.0 Å². The van der Waals surface area contributed by atoms with E-state index in [1.165, 1.54) is 12.1 Å². The molecule has 1 aromatic rings. The van der Waals surface area contributed by atoms with E-state index in [2.05, 4.69) is 21.2 Å². The van der Waals surface area contributed by atoms with Gasteiger partial charge in [-0.05, 0) is 35.0 Å². The molecular weight excluding hydrogens is 287 g/mol. The number of carbonyl (C=O) groups excluding carboxylic acids is 1. The van der Waals surface area contributed by atoms with Crippen LogP contribution in [0.5, 0.6) is 0 Å². The summed E-state index contributed by atoms with van der Waals surface area (Å²) >= 11 is 2.81. The third kappa shape index (κ3) is 2.75. The molecule has 2 nitrogen and oxygen atoms in total.